The number of aromatic nitrogens is 1. The van der Waals surface area contributed by atoms with E-state index in [0.717, 1.165) is 26.2 Å². The number of amides is 1. The van der Waals surface area contributed by atoms with Crippen LogP contribution in [0.3, 0.4) is 0 Å². The predicted molar refractivity (Wildman–Crippen MR) is 117 cm³/mol. The molecule has 8 heteroatoms. The molecule has 1 amide bonds. The third-order valence-electron chi connectivity index (χ3n) is 3.67. The zero-order valence-corrected chi connectivity index (χ0v) is 18.2. The van der Waals surface area contributed by atoms with Gasteiger partial charge >= 0.3 is 5.97 Å². The molecule has 0 unspecified atom stereocenters. The highest BCUT2D eigenvalue weighted by atomic mass is 79.9. The number of anilines is 1. The highest BCUT2D eigenvalue weighted by Crippen LogP contribution is 2.26. The maximum absolute atomic E-state index is 12.0. The lowest BCUT2D eigenvalue weighted by molar-refractivity contribution is -0.144. The van der Waals surface area contributed by atoms with Gasteiger partial charge in [0.1, 0.15) is 0 Å². The van der Waals surface area contributed by atoms with Crippen LogP contribution in [-0.4, -0.2) is 29.2 Å². The number of thiazole rings is 1. The highest BCUT2D eigenvalue weighted by molar-refractivity contribution is 9.10. The molecular weight excluding hydrogens is 460 g/mol. The molecule has 0 aliphatic heterocycles. The fourth-order valence-corrected chi connectivity index (χ4v) is 4.35. The van der Waals surface area contributed by atoms with Crippen molar-refractivity contribution in [3.8, 4) is 11.3 Å². The van der Waals surface area contributed by atoms with E-state index < -0.39 is 11.9 Å². The molecule has 1 heterocycles. The number of hydrogen-bond donors (Lipinski definition) is 1. The molecule has 0 spiro atoms. The minimum Gasteiger partial charge on any atom is -0.455 e. The van der Waals surface area contributed by atoms with Gasteiger partial charge in [0.25, 0.3) is 5.91 Å². The van der Waals surface area contributed by atoms with Crippen LogP contribution in [0.25, 0.3) is 11.3 Å². The molecule has 1 N–H and O–H groups in total. The Hall–Kier alpha value is -2.16. The van der Waals surface area contributed by atoms with Gasteiger partial charge < -0.3 is 4.74 Å². The Morgan fingerprint density at radius 2 is 2.00 bits per heavy atom. The molecule has 0 atom stereocenters. The van der Waals surface area contributed by atoms with Gasteiger partial charge in [-0.05, 0) is 30.7 Å². The molecule has 28 heavy (non-hydrogen) atoms. The number of nitrogens with one attached hydrogen (secondary N) is 1. The second kappa shape index (κ2) is 9.86. The lowest BCUT2D eigenvalue weighted by Gasteiger charge is -2.07. The van der Waals surface area contributed by atoms with Crippen molar-refractivity contribution in [2.75, 3.05) is 17.7 Å². The average molecular weight is 477 g/mol. The predicted octanol–water partition coefficient (Wildman–Crippen LogP) is 5.16. The number of nitrogens with zero attached hydrogens (tertiary/aromatic N) is 1. The lowest BCUT2D eigenvalue weighted by Crippen LogP contribution is -2.21. The van der Waals surface area contributed by atoms with Crippen LogP contribution in [0.15, 0.2) is 63.3 Å². The first-order valence-electron chi connectivity index (χ1n) is 8.36. The van der Waals surface area contributed by atoms with Crippen LogP contribution in [0, 0.1) is 6.92 Å². The first-order chi connectivity index (χ1) is 13.5. The summed E-state index contributed by atoms with van der Waals surface area (Å²) >= 11 is 6.12. The monoisotopic (exact) mass is 476 g/mol. The molecular formula is C20H17BrN2O3S2. The van der Waals surface area contributed by atoms with E-state index >= 15 is 0 Å². The van der Waals surface area contributed by atoms with Crippen molar-refractivity contribution in [2.45, 2.75) is 11.8 Å². The van der Waals surface area contributed by atoms with E-state index in [9.17, 15) is 9.59 Å². The van der Waals surface area contributed by atoms with Crippen molar-refractivity contribution >= 4 is 56.0 Å². The summed E-state index contributed by atoms with van der Waals surface area (Å²) < 4.78 is 6.04. The number of rotatable bonds is 7. The van der Waals surface area contributed by atoms with Gasteiger partial charge in [0.05, 0.1) is 11.4 Å². The summed E-state index contributed by atoms with van der Waals surface area (Å²) in [6.45, 7) is 1.64. The van der Waals surface area contributed by atoms with Crippen LogP contribution < -0.4 is 5.32 Å². The van der Waals surface area contributed by atoms with Crippen molar-refractivity contribution in [2.24, 2.45) is 0 Å². The zero-order valence-electron chi connectivity index (χ0n) is 15.0. The van der Waals surface area contributed by atoms with Gasteiger partial charge in [-0.2, -0.15) is 0 Å². The van der Waals surface area contributed by atoms with Crippen molar-refractivity contribution < 1.29 is 14.3 Å². The Labute approximate surface area is 179 Å². The highest BCUT2D eigenvalue weighted by Gasteiger charge is 2.12. The first-order valence-corrected chi connectivity index (χ1v) is 11.0. The summed E-state index contributed by atoms with van der Waals surface area (Å²) in [5, 5.41) is 5.00. The van der Waals surface area contributed by atoms with E-state index in [4.69, 9.17) is 4.74 Å². The zero-order chi connectivity index (χ0) is 19.9. The number of carbonyl (C=O) groups excluding carboxylic acids is 2. The van der Waals surface area contributed by atoms with Gasteiger partial charge in [-0.15, -0.1) is 23.1 Å². The average Bonchev–Trinajstić information content (AvgIpc) is 3.15. The molecule has 0 aliphatic carbocycles. The van der Waals surface area contributed by atoms with Crippen LogP contribution in [0.1, 0.15) is 5.56 Å². The van der Waals surface area contributed by atoms with Gasteiger partial charge in [-0.3, -0.25) is 14.9 Å². The third kappa shape index (κ3) is 5.92. The maximum Gasteiger partial charge on any atom is 0.316 e. The molecule has 0 bridgehead atoms. The molecule has 3 rings (SSSR count). The molecule has 5 nitrogen and oxygen atoms in total. The molecule has 144 valence electrons. The van der Waals surface area contributed by atoms with Crippen LogP contribution in [-0.2, 0) is 14.3 Å². The number of aryl methyl sites for hydroxylation is 1. The Morgan fingerprint density at radius 3 is 2.75 bits per heavy atom. The van der Waals surface area contributed by atoms with E-state index in [1.807, 2.05) is 60.8 Å². The summed E-state index contributed by atoms with van der Waals surface area (Å²) in [4.78, 5) is 29.3. The normalized spacial score (nSPS) is 10.5. The summed E-state index contributed by atoms with van der Waals surface area (Å²) in [5.74, 6) is -0.704. The molecule has 3 aromatic rings. The number of thioether (sulfide) groups is 1. The molecule has 0 fully saturated rings. The van der Waals surface area contributed by atoms with Crippen LogP contribution in [0.2, 0.25) is 0 Å². The van der Waals surface area contributed by atoms with Gasteiger partial charge in [0.15, 0.2) is 11.7 Å². The number of ether oxygens (including phenoxy) is 1. The Kier molecular flexibility index (Phi) is 7.24. The van der Waals surface area contributed by atoms with Gasteiger partial charge in [0, 0.05) is 20.3 Å². The Balaban J connectivity index is 1.44. The topological polar surface area (TPSA) is 68.3 Å². The largest absolute Gasteiger partial charge is 0.455 e. The fraction of sp³-hybridized carbons (Fsp3) is 0.150. The summed E-state index contributed by atoms with van der Waals surface area (Å²) in [7, 11) is 0. The second-order valence-corrected chi connectivity index (χ2v) is 8.60. The Bertz CT molecular complexity index is 977. The quantitative estimate of drug-likeness (QED) is 0.376. The number of benzene rings is 2. The SMILES string of the molecule is Cc1cc(Br)ccc1SCC(=O)OCC(=O)Nc1nc(-c2ccccc2)cs1. The molecule has 0 saturated carbocycles. The minimum atomic E-state index is -0.438. The number of hydrogen-bond acceptors (Lipinski definition) is 6. The van der Waals surface area contributed by atoms with Gasteiger partial charge in [-0.1, -0.05) is 46.3 Å². The van der Waals surface area contributed by atoms with E-state index in [0.29, 0.717) is 5.13 Å². The number of esters is 1. The first kappa shape index (κ1) is 20.6. The molecule has 2 aromatic carbocycles. The van der Waals surface area contributed by atoms with Gasteiger partial charge in [0.2, 0.25) is 0 Å². The van der Waals surface area contributed by atoms with Crippen molar-refractivity contribution in [3.05, 3.63) is 63.9 Å². The fourth-order valence-electron chi connectivity index (χ4n) is 2.33. The lowest BCUT2D eigenvalue weighted by atomic mass is 10.2. The van der Waals surface area contributed by atoms with E-state index in [-0.39, 0.29) is 12.4 Å². The maximum atomic E-state index is 12.0. The summed E-state index contributed by atoms with van der Waals surface area (Å²) in [5.41, 5.74) is 2.84. The molecule has 0 saturated heterocycles. The molecule has 0 radical (unpaired) electrons. The van der Waals surface area contributed by atoms with Crippen LogP contribution in [0.4, 0.5) is 5.13 Å². The van der Waals surface area contributed by atoms with E-state index in [1.54, 1.807) is 0 Å². The van der Waals surface area contributed by atoms with Crippen molar-refractivity contribution in [1.29, 1.82) is 0 Å². The van der Waals surface area contributed by atoms with Crippen LogP contribution >= 0.6 is 39.0 Å². The number of halogens is 1. The van der Waals surface area contributed by atoms with Crippen LogP contribution in [0.5, 0.6) is 0 Å². The summed E-state index contributed by atoms with van der Waals surface area (Å²) in [6.07, 6.45) is 0. The third-order valence-corrected chi connectivity index (χ3v) is 6.07. The minimum absolute atomic E-state index is 0.144. The summed E-state index contributed by atoms with van der Waals surface area (Å²) in [6, 6.07) is 15.5. The van der Waals surface area contributed by atoms with Gasteiger partial charge in [-0.25, -0.2) is 4.98 Å². The Morgan fingerprint density at radius 1 is 1.21 bits per heavy atom. The number of carbonyl (C=O) groups is 2. The van der Waals surface area contributed by atoms with E-state index in [1.165, 1.54) is 23.1 Å². The standard InChI is InChI=1S/C20H17BrN2O3S2/c1-13-9-15(21)7-8-17(13)27-12-19(25)26-10-18(24)23-20-22-16(11-28-20)14-5-3-2-4-6-14/h2-9,11H,10,12H2,1H3,(H,22,23,24). The smallest absolute Gasteiger partial charge is 0.316 e. The molecule has 0 aliphatic rings. The van der Waals surface area contributed by atoms with Crippen molar-refractivity contribution in [3.63, 3.8) is 0 Å². The molecule has 1 aromatic heterocycles. The second-order valence-electron chi connectivity index (χ2n) is 5.81. The van der Waals surface area contributed by atoms with Crippen molar-refractivity contribution in [1.82, 2.24) is 4.98 Å². The van der Waals surface area contributed by atoms with E-state index in [2.05, 4.69) is 26.2 Å².